The van der Waals surface area contributed by atoms with Crippen LogP contribution in [0.25, 0.3) is 16.5 Å². The zero-order valence-corrected chi connectivity index (χ0v) is 26.0. The molecule has 1 amide bonds. The molecule has 2 heterocycles. The summed E-state index contributed by atoms with van der Waals surface area (Å²) >= 11 is 2.63. The van der Waals surface area contributed by atoms with E-state index in [1.165, 1.54) is 56.2 Å². The Labute approximate surface area is 266 Å². The number of fused-ring (bicyclic) bond motifs is 1. The summed E-state index contributed by atoms with van der Waals surface area (Å²) in [6.45, 7) is 0. The lowest BCUT2D eigenvalue weighted by atomic mass is 9.95. The number of methoxy groups -OCH3 is 3. The highest BCUT2D eigenvalue weighted by Gasteiger charge is 2.48. The Morgan fingerprint density at radius 1 is 0.889 bits per heavy atom. The van der Waals surface area contributed by atoms with Crippen LogP contribution in [0.15, 0.2) is 88.8 Å². The van der Waals surface area contributed by atoms with Crippen LogP contribution in [0, 0.1) is 0 Å². The molecular weight excluding hydrogens is 615 g/mol. The van der Waals surface area contributed by atoms with Crippen LogP contribution in [0.5, 0.6) is 23.0 Å². The van der Waals surface area contributed by atoms with Gasteiger partial charge in [-0.1, -0.05) is 71.6 Å². The number of anilines is 1. The highest BCUT2D eigenvalue weighted by molar-refractivity contribution is 8.00. The van der Waals surface area contributed by atoms with Gasteiger partial charge in [0.2, 0.25) is 5.13 Å². The largest absolute Gasteiger partial charge is 0.507 e. The molecule has 228 valence electrons. The van der Waals surface area contributed by atoms with Gasteiger partial charge in [-0.15, -0.1) is 10.2 Å². The van der Waals surface area contributed by atoms with Gasteiger partial charge < -0.3 is 24.4 Å². The summed E-state index contributed by atoms with van der Waals surface area (Å²) < 4.78 is 16.6. The smallest absolute Gasteiger partial charge is 0.301 e. The number of aliphatic hydroxyl groups is 1. The standard InChI is InChI=1S/C33H27N3O7S2/c1-41-24-14-12-20(16-26(24)43-3)29(38)27-28(19-11-13-23(37)25(15-19)42-2)36(31(40)30(27)39)32-34-35-33(45-32)44-17-21-9-6-8-18-7-4-5-10-22(18)21/h4-16,28,37-38H,17H2,1-3H3/t28-/m0/s1. The second kappa shape index (κ2) is 12.5. The van der Waals surface area contributed by atoms with Crippen molar-refractivity contribution in [1.82, 2.24) is 10.2 Å². The van der Waals surface area contributed by atoms with E-state index < -0.39 is 23.5 Å². The first-order valence-electron chi connectivity index (χ1n) is 13.7. The maximum atomic E-state index is 13.7. The third kappa shape index (κ3) is 5.54. The van der Waals surface area contributed by atoms with E-state index in [2.05, 4.69) is 34.5 Å². The lowest BCUT2D eigenvalue weighted by Crippen LogP contribution is -2.29. The van der Waals surface area contributed by atoms with Crippen molar-refractivity contribution in [3.8, 4) is 23.0 Å². The van der Waals surface area contributed by atoms with E-state index in [0.29, 0.717) is 27.2 Å². The number of aliphatic hydroxyl groups excluding tert-OH is 1. The number of phenolic OH excluding ortho intramolecular Hbond substituents is 1. The Balaban J connectivity index is 1.41. The number of carbonyl (C=O) groups excluding carboxylic acids is 2. The highest BCUT2D eigenvalue weighted by Crippen LogP contribution is 2.46. The predicted octanol–water partition coefficient (Wildman–Crippen LogP) is 6.34. The van der Waals surface area contributed by atoms with E-state index in [1.807, 2.05) is 18.2 Å². The molecule has 5 aromatic rings. The van der Waals surface area contributed by atoms with Gasteiger partial charge in [-0.25, -0.2) is 0 Å². The number of amides is 1. The zero-order chi connectivity index (χ0) is 31.7. The van der Waals surface area contributed by atoms with Gasteiger partial charge in [-0.2, -0.15) is 0 Å². The van der Waals surface area contributed by atoms with Crippen LogP contribution in [0.2, 0.25) is 0 Å². The fourth-order valence-electron chi connectivity index (χ4n) is 5.26. The molecule has 1 aliphatic rings. The normalized spacial score (nSPS) is 15.9. The molecule has 1 saturated heterocycles. The molecule has 0 saturated carbocycles. The van der Waals surface area contributed by atoms with Crippen molar-refractivity contribution >= 4 is 56.5 Å². The van der Waals surface area contributed by atoms with Crippen LogP contribution in [0.3, 0.4) is 0 Å². The van der Waals surface area contributed by atoms with Crippen LogP contribution >= 0.6 is 23.1 Å². The zero-order valence-electron chi connectivity index (χ0n) is 24.4. The van der Waals surface area contributed by atoms with Gasteiger partial charge in [0.1, 0.15) is 5.76 Å². The molecule has 12 heteroatoms. The fourth-order valence-corrected chi connectivity index (χ4v) is 7.14. The molecular formula is C33H27N3O7S2. The van der Waals surface area contributed by atoms with Gasteiger partial charge in [-0.05, 0) is 52.2 Å². The number of carbonyl (C=O) groups is 2. The number of aromatic hydroxyl groups is 1. The van der Waals surface area contributed by atoms with Crippen molar-refractivity contribution < 1.29 is 34.0 Å². The SMILES string of the molecule is COc1cc([C@H]2C(=C(O)c3ccc(OC)c(OC)c3)C(=O)C(=O)N2c2nnc(SCc3cccc4ccccc34)s2)ccc1O. The number of nitrogens with zero attached hydrogens (tertiary/aromatic N) is 3. The van der Waals surface area contributed by atoms with Gasteiger partial charge in [0.25, 0.3) is 5.78 Å². The molecule has 1 atom stereocenters. The number of hydrogen-bond donors (Lipinski definition) is 2. The van der Waals surface area contributed by atoms with E-state index in [0.717, 1.165) is 27.7 Å². The predicted molar refractivity (Wildman–Crippen MR) is 172 cm³/mol. The third-order valence-corrected chi connectivity index (χ3v) is 9.56. The van der Waals surface area contributed by atoms with Crippen LogP contribution < -0.4 is 19.1 Å². The number of thioether (sulfide) groups is 1. The average molecular weight is 642 g/mol. The Morgan fingerprint density at radius 2 is 1.64 bits per heavy atom. The highest BCUT2D eigenvalue weighted by atomic mass is 32.2. The Bertz CT molecular complexity index is 1970. The van der Waals surface area contributed by atoms with E-state index in [-0.39, 0.29) is 27.8 Å². The van der Waals surface area contributed by atoms with Gasteiger partial charge >= 0.3 is 5.91 Å². The lowest BCUT2D eigenvalue weighted by molar-refractivity contribution is -0.132. The quantitative estimate of drug-likeness (QED) is 0.0618. The number of ketones is 1. The molecule has 0 unspecified atom stereocenters. The first kappa shape index (κ1) is 30.0. The number of phenols is 1. The summed E-state index contributed by atoms with van der Waals surface area (Å²) in [5.41, 5.74) is 1.61. The molecule has 0 aliphatic carbocycles. The minimum absolute atomic E-state index is 0.124. The van der Waals surface area contributed by atoms with Crippen molar-refractivity contribution in [2.45, 2.75) is 16.1 Å². The third-order valence-electron chi connectivity index (χ3n) is 7.45. The van der Waals surface area contributed by atoms with Gasteiger partial charge in [0, 0.05) is 11.3 Å². The molecule has 0 spiro atoms. The first-order valence-corrected chi connectivity index (χ1v) is 15.5. The molecule has 1 fully saturated rings. The average Bonchev–Trinajstić information content (AvgIpc) is 3.64. The lowest BCUT2D eigenvalue weighted by Gasteiger charge is -2.23. The molecule has 1 aliphatic heterocycles. The maximum absolute atomic E-state index is 13.7. The van der Waals surface area contributed by atoms with Gasteiger partial charge in [0.05, 0.1) is 32.9 Å². The molecule has 1 aromatic heterocycles. The van der Waals surface area contributed by atoms with Crippen molar-refractivity contribution in [1.29, 1.82) is 0 Å². The minimum Gasteiger partial charge on any atom is -0.507 e. The van der Waals surface area contributed by atoms with Crippen LogP contribution in [0.4, 0.5) is 5.13 Å². The Hall–Kier alpha value is -5.07. The number of hydrogen-bond acceptors (Lipinski definition) is 11. The van der Waals surface area contributed by atoms with Gasteiger partial charge in [0.15, 0.2) is 27.3 Å². The molecule has 6 rings (SSSR count). The Kier molecular flexibility index (Phi) is 8.33. The summed E-state index contributed by atoms with van der Waals surface area (Å²) in [7, 11) is 4.33. The first-order chi connectivity index (χ1) is 21.8. The molecule has 0 radical (unpaired) electrons. The van der Waals surface area contributed by atoms with E-state index >= 15 is 0 Å². The Morgan fingerprint density at radius 3 is 2.42 bits per heavy atom. The molecule has 0 bridgehead atoms. The number of rotatable bonds is 9. The second-order valence-electron chi connectivity index (χ2n) is 9.95. The molecule has 2 N–H and O–H groups in total. The van der Waals surface area contributed by atoms with Crippen LogP contribution in [0.1, 0.15) is 22.7 Å². The fraction of sp³-hybridized carbons (Fsp3) is 0.152. The second-order valence-corrected chi connectivity index (χ2v) is 12.1. The minimum atomic E-state index is -1.10. The molecule has 4 aromatic carbocycles. The number of aromatic nitrogens is 2. The number of benzene rings is 4. The molecule has 45 heavy (non-hydrogen) atoms. The molecule has 10 nitrogen and oxygen atoms in total. The monoisotopic (exact) mass is 641 g/mol. The van der Waals surface area contributed by atoms with Crippen molar-refractivity contribution in [2.24, 2.45) is 0 Å². The van der Waals surface area contributed by atoms with Crippen molar-refractivity contribution in [3.05, 3.63) is 101 Å². The summed E-state index contributed by atoms with van der Waals surface area (Å²) in [5, 5.41) is 32.9. The van der Waals surface area contributed by atoms with Crippen LogP contribution in [-0.2, 0) is 15.3 Å². The summed E-state index contributed by atoms with van der Waals surface area (Å²) in [4.78, 5) is 28.5. The number of Topliss-reactive ketones (excluding diaryl/α,β-unsaturated/α-hetero) is 1. The van der Waals surface area contributed by atoms with Crippen molar-refractivity contribution in [3.63, 3.8) is 0 Å². The summed E-state index contributed by atoms with van der Waals surface area (Å²) in [6.07, 6.45) is 0. The summed E-state index contributed by atoms with van der Waals surface area (Å²) in [6, 6.07) is 22.3. The van der Waals surface area contributed by atoms with E-state index in [1.54, 1.807) is 18.2 Å². The van der Waals surface area contributed by atoms with Crippen molar-refractivity contribution in [2.75, 3.05) is 26.2 Å². The number of ether oxygens (including phenoxy) is 3. The van der Waals surface area contributed by atoms with Gasteiger partial charge in [-0.3, -0.25) is 14.5 Å². The topological polar surface area (TPSA) is 131 Å². The van der Waals surface area contributed by atoms with E-state index in [9.17, 15) is 19.8 Å². The van der Waals surface area contributed by atoms with E-state index in [4.69, 9.17) is 14.2 Å². The summed E-state index contributed by atoms with van der Waals surface area (Å²) in [5.74, 6) is -0.812. The van der Waals surface area contributed by atoms with Crippen LogP contribution in [-0.4, -0.2) is 53.4 Å². The maximum Gasteiger partial charge on any atom is 0.301 e.